The van der Waals surface area contributed by atoms with E-state index in [4.69, 9.17) is 23.7 Å². The molecule has 7 heteroatoms. The van der Waals surface area contributed by atoms with Crippen molar-refractivity contribution >= 4 is 5.97 Å². The number of hydrogen-bond donors (Lipinski definition) is 1. The first-order valence-corrected chi connectivity index (χ1v) is 8.04. The van der Waals surface area contributed by atoms with E-state index in [1.54, 1.807) is 6.08 Å². The Morgan fingerprint density at radius 2 is 2.04 bits per heavy atom. The molecule has 2 fully saturated rings. The summed E-state index contributed by atoms with van der Waals surface area (Å²) in [6, 6.07) is 0. The monoisotopic (exact) mass is 328 g/mol. The quantitative estimate of drug-likeness (QED) is 0.606. The van der Waals surface area contributed by atoms with E-state index in [1.165, 1.54) is 20.6 Å². The second-order valence-electron chi connectivity index (χ2n) is 6.23. The molecule has 130 valence electrons. The van der Waals surface area contributed by atoms with Gasteiger partial charge in [-0.2, -0.15) is 0 Å². The van der Waals surface area contributed by atoms with Crippen LogP contribution in [0, 0.1) is 0 Å². The Labute approximate surface area is 135 Å². The van der Waals surface area contributed by atoms with Gasteiger partial charge in [0.1, 0.15) is 31.2 Å². The van der Waals surface area contributed by atoms with Gasteiger partial charge in [-0.05, 0) is 18.9 Å². The fraction of sp³-hybridized carbons (Fsp3) is 0.812. The van der Waals surface area contributed by atoms with E-state index in [0.29, 0.717) is 0 Å². The van der Waals surface area contributed by atoms with Gasteiger partial charge in [-0.25, -0.2) is 4.79 Å². The molecule has 1 heterocycles. The van der Waals surface area contributed by atoms with Crippen LogP contribution in [0.5, 0.6) is 0 Å². The van der Waals surface area contributed by atoms with E-state index in [2.05, 4.69) is 0 Å². The van der Waals surface area contributed by atoms with E-state index >= 15 is 0 Å². The number of ether oxygens (including phenoxy) is 5. The van der Waals surface area contributed by atoms with Crippen LogP contribution in [0.1, 0.15) is 32.1 Å². The fourth-order valence-electron chi connectivity index (χ4n) is 3.64. The summed E-state index contributed by atoms with van der Waals surface area (Å²) in [5, 5.41) is 10.5. The summed E-state index contributed by atoms with van der Waals surface area (Å²) in [5.74, 6) is -1.22. The number of carbonyl (C=O) groups is 1. The lowest BCUT2D eigenvalue weighted by atomic mass is 9.89. The van der Waals surface area contributed by atoms with Crippen molar-refractivity contribution in [1.82, 2.24) is 0 Å². The van der Waals surface area contributed by atoms with Crippen LogP contribution in [0.3, 0.4) is 0 Å². The number of aliphatic hydroxyl groups excluding tert-OH is 1. The molecular weight excluding hydrogens is 304 g/mol. The molecule has 7 nitrogen and oxygen atoms in total. The Balaban J connectivity index is 1.85. The average Bonchev–Trinajstić information content (AvgIpc) is 2.91. The van der Waals surface area contributed by atoms with Crippen molar-refractivity contribution in [1.29, 1.82) is 0 Å². The van der Waals surface area contributed by atoms with E-state index in [-0.39, 0.29) is 12.4 Å². The molecule has 3 aliphatic rings. The number of rotatable bonds is 4. The van der Waals surface area contributed by atoms with Gasteiger partial charge in [0.05, 0.1) is 12.7 Å². The standard InChI is InChI=1S/C16H24O7/c1-19-9-21-14-12(17)10(15(18)20-2)8-11-13(14)23-16(22-11)6-4-3-5-7-16/h8,11-14,17H,3-7,9H2,1-2H3/t11-,12+,13-,14+/m0/s1. The van der Waals surface area contributed by atoms with E-state index in [9.17, 15) is 9.90 Å². The van der Waals surface area contributed by atoms with Gasteiger partial charge in [0, 0.05) is 20.0 Å². The van der Waals surface area contributed by atoms with Crippen LogP contribution >= 0.6 is 0 Å². The molecule has 23 heavy (non-hydrogen) atoms. The first kappa shape index (κ1) is 16.9. The van der Waals surface area contributed by atoms with Crippen LogP contribution in [0.15, 0.2) is 11.6 Å². The molecule has 4 atom stereocenters. The maximum atomic E-state index is 11.9. The van der Waals surface area contributed by atoms with Crippen LogP contribution < -0.4 is 0 Å². The van der Waals surface area contributed by atoms with Crippen LogP contribution in [0.25, 0.3) is 0 Å². The lowest BCUT2D eigenvalue weighted by Gasteiger charge is -2.34. The van der Waals surface area contributed by atoms with Gasteiger partial charge in [-0.3, -0.25) is 0 Å². The molecule has 0 aromatic rings. The molecular formula is C16H24O7. The van der Waals surface area contributed by atoms with Crippen LogP contribution in [0.4, 0.5) is 0 Å². The number of fused-ring (bicyclic) bond motifs is 1. The predicted octanol–water partition coefficient (Wildman–Crippen LogP) is 0.894. The van der Waals surface area contributed by atoms with Crippen molar-refractivity contribution in [2.24, 2.45) is 0 Å². The van der Waals surface area contributed by atoms with Gasteiger partial charge in [-0.15, -0.1) is 0 Å². The van der Waals surface area contributed by atoms with Gasteiger partial charge in [0.15, 0.2) is 5.79 Å². The predicted molar refractivity (Wildman–Crippen MR) is 78.4 cm³/mol. The average molecular weight is 328 g/mol. The molecule has 0 radical (unpaired) electrons. The summed E-state index contributed by atoms with van der Waals surface area (Å²) in [7, 11) is 2.78. The third-order valence-electron chi connectivity index (χ3n) is 4.74. The molecule has 0 bridgehead atoms. The maximum Gasteiger partial charge on any atom is 0.336 e. The minimum atomic E-state index is -1.14. The number of esters is 1. The fourth-order valence-corrected chi connectivity index (χ4v) is 3.64. The van der Waals surface area contributed by atoms with Gasteiger partial charge >= 0.3 is 5.97 Å². The molecule has 1 saturated carbocycles. The summed E-state index contributed by atoms with van der Waals surface area (Å²) in [4.78, 5) is 11.9. The SMILES string of the molecule is COCO[C@H]1[C@H]2OC3(CCCCC3)O[C@H]2C=C(C(=O)OC)[C@H]1O. The smallest absolute Gasteiger partial charge is 0.336 e. The minimum Gasteiger partial charge on any atom is -0.466 e. The Bertz CT molecular complexity index is 469. The van der Waals surface area contributed by atoms with Gasteiger partial charge in [0.25, 0.3) is 0 Å². The highest BCUT2D eigenvalue weighted by Crippen LogP contribution is 2.44. The highest BCUT2D eigenvalue weighted by Gasteiger charge is 2.55. The third kappa shape index (κ3) is 3.16. The normalized spacial score (nSPS) is 35.7. The van der Waals surface area contributed by atoms with Crippen molar-refractivity contribution < 1.29 is 33.6 Å². The Kier molecular flexibility index (Phi) is 5.03. The number of carbonyl (C=O) groups excluding carboxylic acids is 1. The van der Waals surface area contributed by atoms with Crippen molar-refractivity contribution in [3.05, 3.63) is 11.6 Å². The summed E-state index contributed by atoms with van der Waals surface area (Å²) < 4.78 is 27.6. The zero-order valence-electron chi connectivity index (χ0n) is 13.5. The maximum absolute atomic E-state index is 11.9. The molecule has 2 aliphatic carbocycles. The number of hydrogen-bond acceptors (Lipinski definition) is 7. The summed E-state index contributed by atoms with van der Waals surface area (Å²) >= 11 is 0. The Morgan fingerprint density at radius 1 is 1.30 bits per heavy atom. The highest BCUT2D eigenvalue weighted by molar-refractivity contribution is 5.90. The molecule has 3 rings (SSSR count). The molecule has 1 spiro atoms. The lowest BCUT2D eigenvalue weighted by Crippen LogP contribution is -2.50. The summed E-state index contributed by atoms with van der Waals surface area (Å²) in [6.07, 6.45) is 3.71. The second kappa shape index (κ2) is 6.86. The molecule has 1 N–H and O–H groups in total. The Hall–Kier alpha value is -0.990. The molecule has 1 saturated heterocycles. The third-order valence-corrected chi connectivity index (χ3v) is 4.74. The second-order valence-corrected chi connectivity index (χ2v) is 6.23. The zero-order valence-corrected chi connectivity index (χ0v) is 13.5. The molecule has 0 aromatic carbocycles. The molecule has 1 aliphatic heterocycles. The zero-order chi connectivity index (χ0) is 16.4. The first-order valence-electron chi connectivity index (χ1n) is 8.04. The molecule has 0 aromatic heterocycles. The van der Waals surface area contributed by atoms with Crippen molar-refractivity contribution in [3.8, 4) is 0 Å². The Morgan fingerprint density at radius 3 is 2.70 bits per heavy atom. The lowest BCUT2D eigenvalue weighted by molar-refractivity contribution is -0.212. The molecule has 0 unspecified atom stereocenters. The van der Waals surface area contributed by atoms with Crippen LogP contribution in [-0.4, -0.2) is 62.3 Å². The first-order chi connectivity index (χ1) is 11.1. The largest absolute Gasteiger partial charge is 0.466 e. The van der Waals surface area contributed by atoms with Crippen molar-refractivity contribution in [2.75, 3.05) is 21.0 Å². The highest BCUT2D eigenvalue weighted by atomic mass is 16.8. The summed E-state index contributed by atoms with van der Waals surface area (Å²) in [5.41, 5.74) is 0.145. The van der Waals surface area contributed by atoms with E-state index in [1.807, 2.05) is 0 Å². The van der Waals surface area contributed by atoms with Gasteiger partial charge < -0.3 is 28.8 Å². The van der Waals surface area contributed by atoms with E-state index in [0.717, 1.165) is 25.7 Å². The summed E-state index contributed by atoms with van der Waals surface area (Å²) in [6.45, 7) is -0.00421. The minimum absolute atomic E-state index is 0.00421. The van der Waals surface area contributed by atoms with Gasteiger partial charge in [-0.1, -0.05) is 6.42 Å². The van der Waals surface area contributed by atoms with Crippen LogP contribution in [0.2, 0.25) is 0 Å². The van der Waals surface area contributed by atoms with E-state index < -0.39 is 36.2 Å². The number of aliphatic hydroxyl groups is 1. The van der Waals surface area contributed by atoms with Gasteiger partial charge in [0.2, 0.25) is 0 Å². The van der Waals surface area contributed by atoms with Crippen molar-refractivity contribution in [2.45, 2.75) is 62.3 Å². The van der Waals surface area contributed by atoms with Crippen LogP contribution in [-0.2, 0) is 28.5 Å². The van der Waals surface area contributed by atoms with Crippen molar-refractivity contribution in [3.63, 3.8) is 0 Å². The molecule has 0 amide bonds. The topological polar surface area (TPSA) is 83.5 Å². The number of methoxy groups -OCH3 is 2.